The van der Waals surface area contributed by atoms with Gasteiger partial charge in [-0.05, 0) is 28.1 Å². The average Bonchev–Trinajstić information content (AvgIpc) is 2.17. The van der Waals surface area contributed by atoms with Crippen LogP contribution in [-0.2, 0) is 0 Å². The van der Waals surface area contributed by atoms with Gasteiger partial charge in [0.25, 0.3) is 0 Å². The lowest BCUT2D eigenvalue weighted by Gasteiger charge is -2.18. The molecule has 0 spiro atoms. The van der Waals surface area contributed by atoms with Gasteiger partial charge in [0, 0.05) is 5.56 Å². The van der Waals surface area contributed by atoms with Gasteiger partial charge in [0.2, 0.25) is 0 Å². The summed E-state index contributed by atoms with van der Waals surface area (Å²) in [5.74, 6) is 0.809. The van der Waals surface area contributed by atoms with Gasteiger partial charge in [-0.3, -0.25) is 0 Å². The third-order valence-electron chi connectivity index (χ3n) is 1.83. The average molecular weight is 236 g/mol. The Balaban J connectivity index is 2.51. The molecule has 1 aliphatic heterocycles. The molecule has 1 aromatic rings. The predicted molar refractivity (Wildman–Crippen MR) is 53.4 cm³/mol. The Bertz CT molecular complexity index is 406. The lowest BCUT2D eigenvalue weighted by atomic mass is 10.1. The van der Waals surface area contributed by atoms with Crippen LogP contribution in [0.4, 0.5) is 0 Å². The fourth-order valence-corrected chi connectivity index (χ4v) is 1.63. The number of alkyl halides is 1. The second kappa shape index (κ2) is 3.23. The molecule has 2 nitrogen and oxygen atoms in total. The minimum atomic E-state index is -0.313. The minimum Gasteiger partial charge on any atom is -0.473 e. The zero-order valence-electron chi connectivity index (χ0n) is 6.70. The van der Waals surface area contributed by atoms with Crippen LogP contribution in [0.5, 0.6) is 5.75 Å². The summed E-state index contributed by atoms with van der Waals surface area (Å²) in [7, 11) is 0. The molecule has 0 bridgehead atoms. The van der Waals surface area contributed by atoms with Crippen LogP contribution in [0.25, 0.3) is 6.08 Å². The summed E-state index contributed by atoms with van der Waals surface area (Å²) in [6.45, 7) is 0. The number of nitrogens with zero attached hydrogens (tertiary/aromatic N) is 1. The number of hydrogen-bond acceptors (Lipinski definition) is 2. The third-order valence-corrected chi connectivity index (χ3v) is 2.51. The minimum absolute atomic E-state index is 0.313. The zero-order chi connectivity index (χ0) is 9.26. The van der Waals surface area contributed by atoms with E-state index in [0.717, 1.165) is 11.3 Å². The topological polar surface area (TPSA) is 33.0 Å². The highest BCUT2D eigenvalue weighted by Gasteiger charge is 2.18. The SMILES string of the molecule is N#CC1=Cc2ccccc2OC1Br. The summed E-state index contributed by atoms with van der Waals surface area (Å²) in [4.78, 5) is 0. The molecule has 13 heavy (non-hydrogen) atoms. The second-order valence-electron chi connectivity index (χ2n) is 2.68. The van der Waals surface area contributed by atoms with Gasteiger partial charge in [-0.15, -0.1) is 0 Å². The number of rotatable bonds is 0. The maximum absolute atomic E-state index is 8.76. The first-order chi connectivity index (χ1) is 6.31. The lowest BCUT2D eigenvalue weighted by molar-refractivity contribution is 0.327. The molecule has 0 aliphatic carbocycles. The van der Waals surface area contributed by atoms with Crippen LogP contribution in [0.2, 0.25) is 0 Å². The maximum Gasteiger partial charge on any atom is 0.188 e. The van der Waals surface area contributed by atoms with Crippen molar-refractivity contribution in [2.45, 2.75) is 5.01 Å². The van der Waals surface area contributed by atoms with E-state index in [2.05, 4.69) is 22.0 Å². The van der Waals surface area contributed by atoms with Gasteiger partial charge in [-0.1, -0.05) is 18.2 Å². The summed E-state index contributed by atoms with van der Waals surface area (Å²) < 4.78 is 5.46. The standard InChI is InChI=1S/C10H6BrNO/c11-10-8(6-12)5-7-3-1-2-4-9(7)13-10/h1-5,10H. The quantitative estimate of drug-likeness (QED) is 0.649. The Morgan fingerprint density at radius 1 is 1.38 bits per heavy atom. The highest BCUT2D eigenvalue weighted by atomic mass is 79.9. The molecule has 1 atom stereocenters. The van der Waals surface area contributed by atoms with Crippen LogP contribution in [0.1, 0.15) is 5.56 Å². The van der Waals surface area contributed by atoms with Crippen molar-refractivity contribution >= 4 is 22.0 Å². The normalized spacial score (nSPS) is 19.4. The molecule has 0 saturated carbocycles. The molecule has 1 aliphatic rings. The first-order valence-electron chi connectivity index (χ1n) is 3.83. The summed E-state index contributed by atoms with van der Waals surface area (Å²) in [5.41, 5.74) is 1.55. The molecule has 0 amide bonds. The van der Waals surface area contributed by atoms with Crippen molar-refractivity contribution in [2.24, 2.45) is 0 Å². The Hall–Kier alpha value is -1.27. The van der Waals surface area contributed by atoms with Gasteiger partial charge in [-0.25, -0.2) is 0 Å². The maximum atomic E-state index is 8.76. The first kappa shape index (κ1) is 8.33. The van der Waals surface area contributed by atoms with Crippen molar-refractivity contribution in [2.75, 3.05) is 0 Å². The molecule has 1 heterocycles. The first-order valence-corrected chi connectivity index (χ1v) is 4.74. The Kier molecular flexibility index (Phi) is 2.07. The number of halogens is 1. The van der Waals surface area contributed by atoms with E-state index >= 15 is 0 Å². The van der Waals surface area contributed by atoms with Crippen molar-refractivity contribution in [3.05, 3.63) is 35.4 Å². The van der Waals surface area contributed by atoms with Crippen LogP contribution >= 0.6 is 15.9 Å². The van der Waals surface area contributed by atoms with Crippen LogP contribution in [0.3, 0.4) is 0 Å². The molecule has 2 rings (SSSR count). The monoisotopic (exact) mass is 235 g/mol. The van der Waals surface area contributed by atoms with E-state index in [-0.39, 0.29) is 5.01 Å². The summed E-state index contributed by atoms with van der Waals surface area (Å²) in [6.07, 6.45) is 1.83. The van der Waals surface area contributed by atoms with E-state index < -0.39 is 0 Å². The lowest BCUT2D eigenvalue weighted by Crippen LogP contribution is -2.14. The smallest absolute Gasteiger partial charge is 0.188 e. The van der Waals surface area contributed by atoms with E-state index in [4.69, 9.17) is 10.00 Å². The molecule has 0 radical (unpaired) electrons. The van der Waals surface area contributed by atoms with Gasteiger partial charge in [0.15, 0.2) is 5.01 Å². The number of ether oxygens (including phenoxy) is 1. The molecule has 0 fully saturated rings. The predicted octanol–water partition coefficient (Wildman–Crippen LogP) is 2.71. The molecule has 1 aromatic carbocycles. The van der Waals surface area contributed by atoms with E-state index in [1.54, 1.807) is 0 Å². The van der Waals surface area contributed by atoms with Gasteiger partial charge in [-0.2, -0.15) is 5.26 Å². The van der Waals surface area contributed by atoms with Gasteiger partial charge in [0.1, 0.15) is 5.75 Å². The summed E-state index contributed by atoms with van der Waals surface area (Å²) in [5, 5.41) is 8.45. The van der Waals surface area contributed by atoms with E-state index in [0.29, 0.717) is 5.57 Å². The molecule has 0 N–H and O–H groups in total. The molecular weight excluding hydrogens is 230 g/mol. The van der Waals surface area contributed by atoms with Crippen LogP contribution in [-0.4, -0.2) is 5.01 Å². The van der Waals surface area contributed by atoms with Crippen molar-refractivity contribution < 1.29 is 4.74 Å². The van der Waals surface area contributed by atoms with Crippen LogP contribution < -0.4 is 4.74 Å². The molecule has 3 heteroatoms. The molecule has 1 unspecified atom stereocenters. The number of para-hydroxylation sites is 1. The van der Waals surface area contributed by atoms with Gasteiger partial charge < -0.3 is 4.74 Å². The second-order valence-corrected chi connectivity index (χ2v) is 3.51. The molecule has 64 valence electrons. The number of fused-ring (bicyclic) bond motifs is 1. The number of benzene rings is 1. The van der Waals surface area contributed by atoms with Gasteiger partial charge >= 0.3 is 0 Å². The largest absolute Gasteiger partial charge is 0.473 e. The fourth-order valence-electron chi connectivity index (χ4n) is 1.20. The van der Waals surface area contributed by atoms with Crippen molar-refractivity contribution in [1.29, 1.82) is 5.26 Å². The zero-order valence-corrected chi connectivity index (χ0v) is 8.28. The van der Waals surface area contributed by atoms with Crippen molar-refractivity contribution in [3.8, 4) is 11.8 Å². The molecular formula is C10H6BrNO. The summed E-state index contributed by atoms with van der Waals surface area (Å²) in [6, 6.07) is 9.71. The van der Waals surface area contributed by atoms with Crippen molar-refractivity contribution in [3.63, 3.8) is 0 Å². The summed E-state index contributed by atoms with van der Waals surface area (Å²) >= 11 is 3.27. The van der Waals surface area contributed by atoms with E-state index in [9.17, 15) is 0 Å². The molecule has 0 saturated heterocycles. The van der Waals surface area contributed by atoms with E-state index in [1.807, 2.05) is 30.3 Å². The van der Waals surface area contributed by atoms with Gasteiger partial charge in [0.05, 0.1) is 11.6 Å². The Morgan fingerprint density at radius 2 is 2.15 bits per heavy atom. The van der Waals surface area contributed by atoms with Crippen molar-refractivity contribution in [1.82, 2.24) is 0 Å². The van der Waals surface area contributed by atoms with Crippen LogP contribution in [0.15, 0.2) is 29.8 Å². The number of hydrogen-bond donors (Lipinski definition) is 0. The van der Waals surface area contributed by atoms with Crippen LogP contribution in [0, 0.1) is 11.3 Å². The molecule has 0 aromatic heterocycles. The highest BCUT2D eigenvalue weighted by molar-refractivity contribution is 9.09. The third kappa shape index (κ3) is 1.45. The Labute approximate surface area is 84.6 Å². The fraction of sp³-hybridized carbons (Fsp3) is 0.100. The number of nitriles is 1. The highest BCUT2D eigenvalue weighted by Crippen LogP contribution is 2.31. The van der Waals surface area contributed by atoms with E-state index in [1.165, 1.54) is 0 Å². The Morgan fingerprint density at radius 3 is 2.92 bits per heavy atom.